The van der Waals surface area contributed by atoms with E-state index in [2.05, 4.69) is 15.4 Å². The van der Waals surface area contributed by atoms with Crippen molar-refractivity contribution in [1.29, 1.82) is 0 Å². The number of anilines is 2. The van der Waals surface area contributed by atoms with Crippen molar-refractivity contribution >= 4 is 27.3 Å². The van der Waals surface area contributed by atoms with Gasteiger partial charge >= 0.3 is 0 Å². The van der Waals surface area contributed by atoms with Crippen molar-refractivity contribution in [1.82, 2.24) is 5.32 Å². The summed E-state index contributed by atoms with van der Waals surface area (Å²) in [5.41, 5.74) is 1.04. The fourth-order valence-electron chi connectivity index (χ4n) is 2.62. The van der Waals surface area contributed by atoms with Gasteiger partial charge in [-0.25, -0.2) is 8.42 Å². The Morgan fingerprint density at radius 2 is 1.81 bits per heavy atom. The number of carbonyl (C=O) groups excluding carboxylic acids is 1. The molecule has 0 aliphatic carbocycles. The van der Waals surface area contributed by atoms with Gasteiger partial charge in [-0.15, -0.1) is 0 Å². The molecule has 1 saturated heterocycles. The van der Waals surface area contributed by atoms with E-state index >= 15 is 0 Å². The third-order valence-electron chi connectivity index (χ3n) is 3.90. The van der Waals surface area contributed by atoms with Gasteiger partial charge in [-0.05, 0) is 36.4 Å². The van der Waals surface area contributed by atoms with Crippen LogP contribution in [0.25, 0.3) is 0 Å². The monoisotopic (exact) mass is 375 g/mol. The second-order valence-corrected chi connectivity index (χ2v) is 7.66. The van der Waals surface area contributed by atoms with E-state index in [1.54, 1.807) is 36.4 Å². The zero-order valence-corrected chi connectivity index (χ0v) is 15.0. The highest BCUT2D eigenvalue weighted by Gasteiger charge is 2.17. The first kappa shape index (κ1) is 18.4. The summed E-state index contributed by atoms with van der Waals surface area (Å²) in [5.74, 6) is -0.147. The molecule has 2 aromatic carbocycles. The van der Waals surface area contributed by atoms with Crippen LogP contribution in [-0.2, 0) is 19.6 Å². The number of benzene rings is 2. The Kier molecular flexibility index (Phi) is 5.87. The minimum absolute atomic E-state index is 0.00141. The standard InChI is InChI=1S/C18H21N3O4S/c22-18(12-16-13-25-11-10-19-16)20-14-6-8-17(9-7-14)26(23,24)21-15-4-2-1-3-5-15/h1-9,16,19,21H,10-13H2,(H,20,22). The lowest BCUT2D eigenvalue weighted by atomic mass is 10.2. The Hall–Kier alpha value is -2.42. The van der Waals surface area contributed by atoms with Gasteiger partial charge in [-0.2, -0.15) is 0 Å². The average Bonchev–Trinajstić information content (AvgIpc) is 2.63. The van der Waals surface area contributed by atoms with Crippen molar-refractivity contribution in [3.63, 3.8) is 0 Å². The Morgan fingerprint density at radius 1 is 1.08 bits per heavy atom. The quantitative estimate of drug-likeness (QED) is 0.715. The molecule has 1 aliphatic heterocycles. The number of amides is 1. The number of carbonyl (C=O) groups is 1. The fourth-order valence-corrected chi connectivity index (χ4v) is 3.68. The maximum absolute atomic E-state index is 12.4. The molecule has 1 atom stereocenters. The molecule has 3 N–H and O–H groups in total. The third kappa shape index (κ3) is 5.04. The van der Waals surface area contributed by atoms with Crippen LogP contribution in [0.15, 0.2) is 59.5 Å². The summed E-state index contributed by atoms with van der Waals surface area (Å²) >= 11 is 0. The van der Waals surface area contributed by atoms with Gasteiger partial charge in [0.1, 0.15) is 0 Å². The predicted octanol–water partition coefficient (Wildman–Crippen LogP) is 1.80. The number of sulfonamides is 1. The van der Waals surface area contributed by atoms with Crippen LogP contribution in [0.5, 0.6) is 0 Å². The van der Waals surface area contributed by atoms with Crippen LogP contribution in [0.3, 0.4) is 0 Å². The van der Waals surface area contributed by atoms with Gasteiger partial charge in [-0.1, -0.05) is 18.2 Å². The van der Waals surface area contributed by atoms with Crippen LogP contribution in [0.2, 0.25) is 0 Å². The predicted molar refractivity (Wildman–Crippen MR) is 99.5 cm³/mol. The van der Waals surface area contributed by atoms with Gasteiger partial charge in [0.2, 0.25) is 5.91 Å². The highest BCUT2D eigenvalue weighted by atomic mass is 32.2. The lowest BCUT2D eigenvalue weighted by Gasteiger charge is -2.23. The van der Waals surface area contributed by atoms with Gasteiger partial charge in [0.05, 0.1) is 18.1 Å². The van der Waals surface area contributed by atoms with E-state index in [4.69, 9.17) is 4.74 Å². The molecular weight excluding hydrogens is 354 g/mol. The third-order valence-corrected chi connectivity index (χ3v) is 5.30. The SMILES string of the molecule is O=C(CC1COCCN1)Nc1ccc(S(=O)(=O)Nc2ccccc2)cc1. The molecule has 1 aliphatic rings. The van der Waals surface area contributed by atoms with Crippen LogP contribution < -0.4 is 15.4 Å². The lowest BCUT2D eigenvalue weighted by molar-refractivity contribution is -0.117. The molecule has 8 heteroatoms. The minimum Gasteiger partial charge on any atom is -0.378 e. The summed E-state index contributed by atoms with van der Waals surface area (Å²) in [6, 6.07) is 14.7. The van der Waals surface area contributed by atoms with Crippen molar-refractivity contribution < 1.29 is 17.9 Å². The molecule has 26 heavy (non-hydrogen) atoms. The smallest absolute Gasteiger partial charge is 0.261 e. The summed E-state index contributed by atoms with van der Waals surface area (Å²) in [6.45, 7) is 1.90. The normalized spacial score (nSPS) is 17.5. The van der Waals surface area contributed by atoms with Crippen molar-refractivity contribution in [3.8, 4) is 0 Å². The van der Waals surface area contributed by atoms with Gasteiger partial charge < -0.3 is 15.4 Å². The molecule has 1 unspecified atom stereocenters. The minimum atomic E-state index is -3.67. The largest absolute Gasteiger partial charge is 0.378 e. The summed E-state index contributed by atoms with van der Waals surface area (Å²) < 4.78 is 32.6. The van der Waals surface area contributed by atoms with Crippen LogP contribution in [-0.4, -0.2) is 40.1 Å². The number of rotatable bonds is 6. The molecule has 0 saturated carbocycles. The Labute approximate surface area is 152 Å². The molecule has 1 fully saturated rings. The van der Waals surface area contributed by atoms with Gasteiger partial charge in [0, 0.05) is 30.4 Å². The van der Waals surface area contributed by atoms with Crippen LogP contribution in [0, 0.1) is 0 Å². The van der Waals surface area contributed by atoms with Crippen molar-refractivity contribution in [2.24, 2.45) is 0 Å². The van der Waals surface area contributed by atoms with Crippen LogP contribution in [0.4, 0.5) is 11.4 Å². The molecule has 0 radical (unpaired) electrons. The van der Waals surface area contributed by atoms with E-state index in [0.717, 1.165) is 6.54 Å². The number of para-hydroxylation sites is 1. The molecule has 0 spiro atoms. The van der Waals surface area contributed by atoms with E-state index < -0.39 is 10.0 Å². The summed E-state index contributed by atoms with van der Waals surface area (Å²) in [6.07, 6.45) is 0.301. The van der Waals surface area contributed by atoms with E-state index in [9.17, 15) is 13.2 Å². The first-order chi connectivity index (χ1) is 12.5. The molecule has 7 nitrogen and oxygen atoms in total. The van der Waals surface area contributed by atoms with E-state index in [0.29, 0.717) is 31.0 Å². The first-order valence-corrected chi connectivity index (χ1v) is 9.80. The Balaban J connectivity index is 1.59. The molecule has 0 bridgehead atoms. The molecule has 0 aromatic heterocycles. The van der Waals surface area contributed by atoms with Crippen LogP contribution in [0.1, 0.15) is 6.42 Å². The molecule has 2 aromatic rings. The number of hydrogen-bond acceptors (Lipinski definition) is 5. The summed E-state index contributed by atoms with van der Waals surface area (Å²) in [5, 5.41) is 5.98. The summed E-state index contributed by atoms with van der Waals surface area (Å²) in [4.78, 5) is 12.2. The number of hydrogen-bond donors (Lipinski definition) is 3. The Morgan fingerprint density at radius 3 is 2.46 bits per heavy atom. The van der Waals surface area contributed by atoms with Crippen molar-refractivity contribution in [2.75, 3.05) is 29.8 Å². The van der Waals surface area contributed by atoms with E-state index in [1.807, 2.05) is 6.07 Å². The number of morpholine rings is 1. The number of nitrogens with one attached hydrogen (secondary N) is 3. The molecule has 138 valence electrons. The second-order valence-electron chi connectivity index (χ2n) is 5.97. The zero-order chi connectivity index (χ0) is 18.4. The van der Waals surface area contributed by atoms with Crippen LogP contribution >= 0.6 is 0 Å². The van der Waals surface area contributed by atoms with Crippen molar-refractivity contribution in [2.45, 2.75) is 17.4 Å². The zero-order valence-electron chi connectivity index (χ0n) is 14.1. The number of ether oxygens (including phenoxy) is 1. The molecule has 3 rings (SSSR count). The summed E-state index contributed by atoms with van der Waals surface area (Å²) in [7, 11) is -3.67. The highest BCUT2D eigenvalue weighted by Crippen LogP contribution is 2.18. The maximum Gasteiger partial charge on any atom is 0.261 e. The highest BCUT2D eigenvalue weighted by molar-refractivity contribution is 7.92. The lowest BCUT2D eigenvalue weighted by Crippen LogP contribution is -2.43. The average molecular weight is 375 g/mol. The van der Waals surface area contributed by atoms with Gasteiger partial charge in [-0.3, -0.25) is 9.52 Å². The molecule has 1 amide bonds. The Bertz CT molecular complexity index is 832. The molecular formula is C18H21N3O4S. The maximum atomic E-state index is 12.4. The topological polar surface area (TPSA) is 96.5 Å². The second kappa shape index (κ2) is 8.31. The van der Waals surface area contributed by atoms with Crippen molar-refractivity contribution in [3.05, 3.63) is 54.6 Å². The fraction of sp³-hybridized carbons (Fsp3) is 0.278. The molecule has 1 heterocycles. The first-order valence-electron chi connectivity index (χ1n) is 8.32. The van der Waals surface area contributed by atoms with E-state index in [1.165, 1.54) is 12.1 Å². The van der Waals surface area contributed by atoms with Gasteiger partial charge in [0.15, 0.2) is 0 Å². The van der Waals surface area contributed by atoms with Gasteiger partial charge in [0.25, 0.3) is 10.0 Å². The van der Waals surface area contributed by atoms with E-state index in [-0.39, 0.29) is 16.8 Å².